The van der Waals surface area contributed by atoms with Gasteiger partial charge in [-0.3, -0.25) is 4.79 Å². The van der Waals surface area contributed by atoms with E-state index < -0.39 is 0 Å². The van der Waals surface area contributed by atoms with Crippen molar-refractivity contribution < 1.29 is 4.79 Å². The van der Waals surface area contributed by atoms with Crippen LogP contribution in [-0.2, 0) is 4.79 Å². The first-order valence-electron chi connectivity index (χ1n) is 10.2. The molecule has 0 aliphatic heterocycles. The van der Waals surface area contributed by atoms with E-state index in [0.717, 1.165) is 33.5 Å². The number of fused-ring (bicyclic) bond motifs is 1. The average molecular weight is 430 g/mol. The molecule has 0 saturated heterocycles. The van der Waals surface area contributed by atoms with E-state index in [-0.39, 0.29) is 5.91 Å². The third kappa shape index (κ3) is 4.86. The highest BCUT2D eigenvalue weighted by Gasteiger charge is 2.09. The molecule has 0 spiro atoms. The molecular formula is C26H24ClN3O. The number of halogens is 1. The zero-order valence-corrected chi connectivity index (χ0v) is 18.5. The first-order valence-corrected chi connectivity index (χ1v) is 10.6. The lowest BCUT2D eigenvalue weighted by Crippen LogP contribution is -2.07. The highest BCUT2D eigenvalue weighted by molar-refractivity contribution is 6.32. The van der Waals surface area contributed by atoms with Crippen LogP contribution in [0.15, 0.2) is 66.7 Å². The minimum absolute atomic E-state index is 0.183. The largest absolute Gasteiger partial charge is 0.338 e. The molecule has 156 valence electrons. The summed E-state index contributed by atoms with van der Waals surface area (Å²) >= 11 is 6.21. The van der Waals surface area contributed by atoms with Crippen LogP contribution in [0.4, 0.5) is 5.69 Å². The molecule has 0 atom stereocenters. The Morgan fingerprint density at radius 3 is 2.61 bits per heavy atom. The van der Waals surface area contributed by atoms with Crippen LogP contribution < -0.4 is 5.32 Å². The van der Waals surface area contributed by atoms with Gasteiger partial charge in [-0.2, -0.15) is 0 Å². The smallest absolute Gasteiger partial charge is 0.248 e. The number of benzene rings is 3. The van der Waals surface area contributed by atoms with Gasteiger partial charge in [0.05, 0.1) is 11.0 Å². The van der Waals surface area contributed by atoms with E-state index in [4.69, 9.17) is 11.6 Å². The van der Waals surface area contributed by atoms with Crippen LogP contribution in [0.25, 0.3) is 28.5 Å². The second kappa shape index (κ2) is 8.78. The number of nitrogens with one attached hydrogen (secondary N) is 2. The van der Waals surface area contributed by atoms with Gasteiger partial charge in [0.15, 0.2) is 0 Å². The lowest BCUT2D eigenvalue weighted by molar-refractivity contribution is -0.111. The molecule has 4 rings (SSSR count). The van der Waals surface area contributed by atoms with Crippen LogP contribution in [0.2, 0.25) is 5.02 Å². The number of anilines is 1. The minimum atomic E-state index is -0.183. The molecule has 0 bridgehead atoms. The maximum atomic E-state index is 12.4. The topological polar surface area (TPSA) is 57.8 Å². The highest BCUT2D eigenvalue weighted by Crippen LogP contribution is 2.26. The molecule has 31 heavy (non-hydrogen) atoms. The number of H-pyrrole nitrogens is 1. The fraction of sp³-hybridized carbons (Fsp3) is 0.154. The summed E-state index contributed by atoms with van der Waals surface area (Å²) in [6, 6.07) is 19.7. The molecule has 0 radical (unpaired) electrons. The third-order valence-electron chi connectivity index (χ3n) is 5.20. The zero-order valence-electron chi connectivity index (χ0n) is 17.7. The molecule has 0 saturated carbocycles. The van der Waals surface area contributed by atoms with Crippen molar-refractivity contribution in [1.82, 2.24) is 9.97 Å². The Hall–Kier alpha value is -3.37. The Morgan fingerprint density at radius 2 is 1.87 bits per heavy atom. The molecule has 1 aromatic heterocycles. The minimum Gasteiger partial charge on any atom is -0.338 e. The zero-order chi connectivity index (χ0) is 22.0. The van der Waals surface area contributed by atoms with Gasteiger partial charge in [0.1, 0.15) is 5.82 Å². The molecule has 0 aliphatic rings. The third-order valence-corrected chi connectivity index (χ3v) is 5.60. The van der Waals surface area contributed by atoms with Gasteiger partial charge in [-0.05, 0) is 59.9 Å². The van der Waals surface area contributed by atoms with Crippen LogP contribution >= 0.6 is 11.6 Å². The van der Waals surface area contributed by atoms with Gasteiger partial charge in [0, 0.05) is 22.3 Å². The van der Waals surface area contributed by atoms with E-state index in [2.05, 4.69) is 41.3 Å². The Balaban J connectivity index is 1.48. The molecule has 1 amide bonds. The maximum Gasteiger partial charge on any atom is 0.248 e. The quantitative estimate of drug-likeness (QED) is 0.336. The summed E-state index contributed by atoms with van der Waals surface area (Å²) < 4.78 is 0. The van der Waals surface area contributed by atoms with Gasteiger partial charge in [-0.1, -0.05) is 61.8 Å². The highest BCUT2D eigenvalue weighted by atomic mass is 35.5. The number of hydrogen-bond donors (Lipinski definition) is 2. The summed E-state index contributed by atoms with van der Waals surface area (Å²) in [6.07, 6.45) is 3.36. The second-order valence-electron chi connectivity index (χ2n) is 7.93. The maximum absolute atomic E-state index is 12.4. The number of nitrogens with zero attached hydrogens (tertiary/aromatic N) is 1. The predicted molar refractivity (Wildman–Crippen MR) is 129 cm³/mol. The summed E-state index contributed by atoms with van der Waals surface area (Å²) in [7, 11) is 0. The summed E-state index contributed by atoms with van der Waals surface area (Å²) in [5.74, 6) is 1.03. The standard InChI is InChI=1S/C26H24ClN3O/c1-16(2)19-10-7-18(8-11-19)9-12-25(31)28-21-6-4-5-20(14-21)26-29-23-13-17(3)22(27)15-24(23)30-26/h4-16H,1-3H3,(H,28,31)(H,29,30)/b12-9+. The van der Waals surface area contributed by atoms with Gasteiger partial charge in [0.2, 0.25) is 5.91 Å². The molecule has 0 unspecified atom stereocenters. The van der Waals surface area contributed by atoms with Gasteiger partial charge < -0.3 is 10.3 Å². The van der Waals surface area contributed by atoms with Crippen LogP contribution in [0.3, 0.4) is 0 Å². The fourth-order valence-corrected chi connectivity index (χ4v) is 3.53. The average Bonchev–Trinajstić information content (AvgIpc) is 3.16. The summed E-state index contributed by atoms with van der Waals surface area (Å²) in [5, 5.41) is 3.61. The van der Waals surface area contributed by atoms with E-state index >= 15 is 0 Å². The van der Waals surface area contributed by atoms with E-state index in [1.807, 2.05) is 61.5 Å². The van der Waals surface area contributed by atoms with Gasteiger partial charge in [-0.25, -0.2) is 4.98 Å². The van der Waals surface area contributed by atoms with Crippen LogP contribution in [0.5, 0.6) is 0 Å². The Bertz CT molecular complexity index is 1230. The van der Waals surface area contributed by atoms with Crippen molar-refractivity contribution >= 4 is 40.3 Å². The van der Waals surface area contributed by atoms with Crippen LogP contribution in [0.1, 0.15) is 36.5 Å². The molecule has 4 nitrogen and oxygen atoms in total. The van der Waals surface area contributed by atoms with Crippen molar-refractivity contribution in [3.63, 3.8) is 0 Å². The number of aryl methyl sites for hydroxylation is 1. The number of imidazole rings is 1. The Kier molecular flexibility index (Phi) is 5.92. The van der Waals surface area contributed by atoms with E-state index in [1.165, 1.54) is 5.56 Å². The fourth-order valence-electron chi connectivity index (χ4n) is 3.37. The Labute approximate surface area is 187 Å². The molecule has 5 heteroatoms. The summed E-state index contributed by atoms with van der Waals surface area (Å²) in [6.45, 7) is 6.28. The number of carbonyl (C=O) groups is 1. The molecule has 0 fully saturated rings. The van der Waals surface area contributed by atoms with Crippen molar-refractivity contribution in [3.05, 3.63) is 88.5 Å². The van der Waals surface area contributed by atoms with Crippen molar-refractivity contribution in [1.29, 1.82) is 0 Å². The monoisotopic (exact) mass is 429 g/mol. The van der Waals surface area contributed by atoms with Crippen molar-refractivity contribution in [2.75, 3.05) is 5.32 Å². The first kappa shape index (κ1) is 20.9. The number of aromatic amines is 1. The van der Waals surface area contributed by atoms with Crippen molar-refractivity contribution in [2.45, 2.75) is 26.7 Å². The molecule has 0 aliphatic carbocycles. The van der Waals surface area contributed by atoms with Gasteiger partial charge >= 0.3 is 0 Å². The number of carbonyl (C=O) groups excluding carboxylic acids is 1. The first-order chi connectivity index (χ1) is 14.9. The van der Waals surface area contributed by atoms with Crippen LogP contribution in [-0.4, -0.2) is 15.9 Å². The molecule has 4 aromatic rings. The van der Waals surface area contributed by atoms with Crippen molar-refractivity contribution in [3.8, 4) is 11.4 Å². The van der Waals surface area contributed by atoms with Crippen LogP contribution in [0, 0.1) is 6.92 Å². The van der Waals surface area contributed by atoms with E-state index in [0.29, 0.717) is 16.6 Å². The number of hydrogen-bond acceptors (Lipinski definition) is 2. The molecule has 1 heterocycles. The lowest BCUT2D eigenvalue weighted by Gasteiger charge is -2.05. The normalized spacial score (nSPS) is 11.5. The second-order valence-corrected chi connectivity index (χ2v) is 8.34. The number of rotatable bonds is 5. The molecule has 2 N–H and O–H groups in total. The number of amides is 1. The molecule has 3 aromatic carbocycles. The number of aromatic nitrogens is 2. The Morgan fingerprint density at radius 1 is 1.10 bits per heavy atom. The van der Waals surface area contributed by atoms with Crippen molar-refractivity contribution in [2.24, 2.45) is 0 Å². The molecular weight excluding hydrogens is 406 g/mol. The van der Waals surface area contributed by atoms with E-state index in [9.17, 15) is 4.79 Å². The lowest BCUT2D eigenvalue weighted by atomic mass is 10.0. The summed E-state index contributed by atoms with van der Waals surface area (Å²) in [5.41, 5.74) is 6.60. The van der Waals surface area contributed by atoms with Gasteiger partial charge in [-0.15, -0.1) is 0 Å². The summed E-state index contributed by atoms with van der Waals surface area (Å²) in [4.78, 5) is 20.3. The predicted octanol–water partition coefficient (Wildman–Crippen LogP) is 6.97. The van der Waals surface area contributed by atoms with E-state index in [1.54, 1.807) is 6.08 Å². The van der Waals surface area contributed by atoms with Gasteiger partial charge in [0.25, 0.3) is 0 Å². The SMILES string of the molecule is Cc1cc2[nH]c(-c3cccc(NC(=O)/C=C/c4ccc(C(C)C)cc4)c3)nc2cc1Cl.